The van der Waals surface area contributed by atoms with E-state index in [-0.39, 0.29) is 36.2 Å². The first-order valence-corrected chi connectivity index (χ1v) is 11.2. The standard InChI is InChI=1S/C23H31N3O3S/c1-14(16-6-8-17(9-7-16)21-15(2)24-13-30-21)25-22(29)19-10-18(27)12-26(19)20(28)11-23(3,4)5/h6-9,13-14,18-19,27H,10-12H2,1-5H3,(H,25,29)/t14?,18-,19+/m1/s1. The number of carbonyl (C=O) groups is 2. The number of carbonyl (C=O) groups excluding carboxylic acids is 2. The van der Waals surface area contributed by atoms with Crippen LogP contribution in [-0.4, -0.2) is 45.5 Å². The fourth-order valence-corrected chi connectivity index (χ4v) is 4.60. The number of β-amino-alcohol motifs (C(OH)–C–C–N with tert-alkyl or cyclic N) is 1. The normalized spacial score (nSPS) is 20.3. The average Bonchev–Trinajstić information content (AvgIpc) is 3.26. The molecule has 1 unspecified atom stereocenters. The van der Waals surface area contributed by atoms with Gasteiger partial charge in [-0.05, 0) is 30.4 Å². The molecular weight excluding hydrogens is 398 g/mol. The van der Waals surface area contributed by atoms with Crippen molar-refractivity contribution in [3.8, 4) is 10.4 Å². The van der Waals surface area contributed by atoms with Gasteiger partial charge in [0.2, 0.25) is 11.8 Å². The van der Waals surface area contributed by atoms with Gasteiger partial charge in [0.15, 0.2) is 0 Å². The first kappa shape index (κ1) is 22.4. The van der Waals surface area contributed by atoms with E-state index in [2.05, 4.69) is 10.3 Å². The third-order valence-corrected chi connectivity index (χ3v) is 6.34. The van der Waals surface area contributed by atoms with Crippen molar-refractivity contribution < 1.29 is 14.7 Å². The Balaban J connectivity index is 1.66. The maximum atomic E-state index is 12.9. The molecule has 1 aromatic carbocycles. The lowest BCUT2D eigenvalue weighted by molar-refractivity contribution is -0.140. The van der Waals surface area contributed by atoms with Gasteiger partial charge in [0.25, 0.3) is 0 Å². The van der Waals surface area contributed by atoms with Crippen LogP contribution in [0, 0.1) is 12.3 Å². The smallest absolute Gasteiger partial charge is 0.243 e. The number of amides is 2. The van der Waals surface area contributed by atoms with Gasteiger partial charge in [-0.15, -0.1) is 11.3 Å². The largest absolute Gasteiger partial charge is 0.391 e. The van der Waals surface area contributed by atoms with Crippen molar-refractivity contribution in [2.24, 2.45) is 5.41 Å². The van der Waals surface area contributed by atoms with Crippen molar-refractivity contribution in [3.05, 3.63) is 41.0 Å². The number of rotatable bonds is 5. The van der Waals surface area contributed by atoms with Crippen LogP contribution in [0.4, 0.5) is 0 Å². The molecule has 30 heavy (non-hydrogen) atoms. The zero-order valence-corrected chi connectivity index (χ0v) is 19.1. The molecule has 1 aromatic heterocycles. The molecule has 2 heterocycles. The molecule has 1 aliphatic heterocycles. The zero-order chi connectivity index (χ0) is 22.1. The van der Waals surface area contributed by atoms with Crippen LogP contribution >= 0.6 is 11.3 Å². The summed E-state index contributed by atoms with van der Waals surface area (Å²) in [5.41, 5.74) is 4.77. The van der Waals surface area contributed by atoms with Crippen LogP contribution in [0.15, 0.2) is 29.8 Å². The maximum Gasteiger partial charge on any atom is 0.243 e. The Morgan fingerprint density at radius 3 is 2.53 bits per heavy atom. The van der Waals surface area contributed by atoms with Crippen molar-refractivity contribution >= 4 is 23.2 Å². The van der Waals surface area contributed by atoms with Crippen LogP contribution < -0.4 is 5.32 Å². The quantitative estimate of drug-likeness (QED) is 0.759. The number of nitrogens with zero attached hydrogens (tertiary/aromatic N) is 2. The Kier molecular flexibility index (Phi) is 6.62. The Hall–Kier alpha value is -2.25. The van der Waals surface area contributed by atoms with Crippen molar-refractivity contribution in [2.45, 2.75) is 65.6 Å². The van der Waals surface area contributed by atoms with Gasteiger partial charge in [0.1, 0.15) is 6.04 Å². The number of aliphatic hydroxyl groups excluding tert-OH is 1. The van der Waals surface area contributed by atoms with Crippen LogP contribution in [0.5, 0.6) is 0 Å². The number of thiazole rings is 1. The minimum absolute atomic E-state index is 0.0869. The molecule has 1 saturated heterocycles. The summed E-state index contributed by atoms with van der Waals surface area (Å²) in [7, 11) is 0. The SMILES string of the molecule is Cc1ncsc1-c1ccc(C(C)NC(=O)[C@@H]2C[C@@H](O)CN2C(=O)CC(C)(C)C)cc1. The molecule has 2 amide bonds. The number of aliphatic hydroxyl groups is 1. The van der Waals surface area contributed by atoms with E-state index in [0.29, 0.717) is 6.42 Å². The number of aromatic nitrogens is 1. The second-order valence-electron chi connectivity index (χ2n) is 9.31. The third kappa shape index (κ3) is 5.26. The van der Waals surface area contributed by atoms with E-state index in [4.69, 9.17) is 0 Å². The summed E-state index contributed by atoms with van der Waals surface area (Å²) in [6.45, 7) is 10.1. The van der Waals surface area contributed by atoms with E-state index >= 15 is 0 Å². The van der Waals surface area contributed by atoms with Crippen LogP contribution in [0.1, 0.15) is 57.8 Å². The topological polar surface area (TPSA) is 82.5 Å². The lowest BCUT2D eigenvalue weighted by atomic mass is 9.91. The van der Waals surface area contributed by atoms with Crippen LogP contribution in [-0.2, 0) is 9.59 Å². The minimum atomic E-state index is -0.665. The molecule has 0 aliphatic carbocycles. The Morgan fingerprint density at radius 2 is 1.97 bits per heavy atom. The molecule has 2 aromatic rings. The van der Waals surface area contributed by atoms with Crippen molar-refractivity contribution in [1.82, 2.24) is 15.2 Å². The van der Waals surface area contributed by atoms with E-state index in [0.717, 1.165) is 21.7 Å². The highest BCUT2D eigenvalue weighted by Gasteiger charge is 2.39. The fraction of sp³-hybridized carbons (Fsp3) is 0.522. The highest BCUT2D eigenvalue weighted by atomic mass is 32.1. The Morgan fingerprint density at radius 1 is 1.30 bits per heavy atom. The van der Waals surface area contributed by atoms with Gasteiger partial charge in [-0.1, -0.05) is 45.0 Å². The molecule has 7 heteroatoms. The summed E-state index contributed by atoms with van der Waals surface area (Å²) in [4.78, 5) is 32.6. The third-order valence-electron chi connectivity index (χ3n) is 5.36. The van der Waals surface area contributed by atoms with E-state index in [9.17, 15) is 14.7 Å². The number of likely N-dealkylation sites (tertiary alicyclic amines) is 1. The second-order valence-corrected chi connectivity index (χ2v) is 10.2. The van der Waals surface area contributed by atoms with Gasteiger partial charge in [0, 0.05) is 19.4 Å². The summed E-state index contributed by atoms with van der Waals surface area (Å²) in [6.07, 6.45) is -0.0443. The molecule has 1 aliphatic rings. The summed E-state index contributed by atoms with van der Waals surface area (Å²) in [5, 5.41) is 13.1. The molecule has 3 rings (SSSR count). The van der Waals surface area contributed by atoms with Gasteiger partial charge < -0.3 is 15.3 Å². The van der Waals surface area contributed by atoms with Gasteiger partial charge in [-0.3, -0.25) is 9.59 Å². The van der Waals surface area contributed by atoms with Crippen LogP contribution in [0.3, 0.4) is 0 Å². The van der Waals surface area contributed by atoms with Crippen molar-refractivity contribution in [1.29, 1.82) is 0 Å². The summed E-state index contributed by atoms with van der Waals surface area (Å²) >= 11 is 1.61. The van der Waals surface area contributed by atoms with Gasteiger partial charge in [0.05, 0.1) is 28.2 Å². The molecule has 1 fully saturated rings. The molecule has 6 nitrogen and oxygen atoms in total. The van der Waals surface area contributed by atoms with E-state index in [1.165, 1.54) is 4.90 Å². The van der Waals surface area contributed by atoms with Gasteiger partial charge in [-0.25, -0.2) is 4.98 Å². The van der Waals surface area contributed by atoms with Gasteiger partial charge >= 0.3 is 0 Å². The second kappa shape index (κ2) is 8.86. The average molecular weight is 430 g/mol. The lowest BCUT2D eigenvalue weighted by Gasteiger charge is -2.28. The van der Waals surface area contributed by atoms with Crippen LogP contribution in [0.25, 0.3) is 10.4 Å². The summed E-state index contributed by atoms with van der Waals surface area (Å²) in [5.74, 6) is -0.306. The first-order chi connectivity index (χ1) is 14.0. The maximum absolute atomic E-state index is 12.9. The predicted molar refractivity (Wildman–Crippen MR) is 119 cm³/mol. The Labute approximate surface area is 182 Å². The predicted octanol–water partition coefficient (Wildman–Crippen LogP) is 3.69. The monoisotopic (exact) mass is 429 g/mol. The van der Waals surface area contributed by atoms with Gasteiger partial charge in [-0.2, -0.15) is 0 Å². The van der Waals surface area contributed by atoms with Crippen molar-refractivity contribution in [3.63, 3.8) is 0 Å². The molecule has 3 atom stereocenters. The molecule has 0 bridgehead atoms. The minimum Gasteiger partial charge on any atom is -0.391 e. The molecule has 0 radical (unpaired) electrons. The summed E-state index contributed by atoms with van der Waals surface area (Å²) in [6, 6.07) is 7.26. The highest BCUT2D eigenvalue weighted by Crippen LogP contribution is 2.29. The lowest BCUT2D eigenvalue weighted by Crippen LogP contribution is -2.47. The van der Waals surface area contributed by atoms with E-state index in [1.807, 2.05) is 64.4 Å². The van der Waals surface area contributed by atoms with E-state index in [1.54, 1.807) is 11.3 Å². The fourth-order valence-electron chi connectivity index (χ4n) is 3.79. The number of nitrogens with one attached hydrogen (secondary N) is 1. The molecular formula is C23H31N3O3S. The number of hydrogen-bond acceptors (Lipinski definition) is 5. The van der Waals surface area contributed by atoms with E-state index < -0.39 is 12.1 Å². The molecule has 162 valence electrons. The Bertz CT molecular complexity index is 901. The molecule has 0 spiro atoms. The van der Waals surface area contributed by atoms with Crippen LogP contribution in [0.2, 0.25) is 0 Å². The number of hydrogen-bond donors (Lipinski definition) is 2. The zero-order valence-electron chi connectivity index (χ0n) is 18.3. The van der Waals surface area contributed by atoms with Crippen molar-refractivity contribution in [2.75, 3.05) is 6.54 Å². The first-order valence-electron chi connectivity index (χ1n) is 10.3. The highest BCUT2D eigenvalue weighted by molar-refractivity contribution is 7.13. The molecule has 0 saturated carbocycles. The summed E-state index contributed by atoms with van der Waals surface area (Å²) < 4.78 is 0. The number of aryl methyl sites for hydroxylation is 1. The number of benzene rings is 1. The molecule has 2 N–H and O–H groups in total.